The first kappa shape index (κ1) is 22.0. The summed E-state index contributed by atoms with van der Waals surface area (Å²) in [6.45, 7) is 0.0151. The molecule has 3 aromatic rings. The van der Waals surface area contributed by atoms with Gasteiger partial charge in [0.2, 0.25) is 11.8 Å². The molecule has 180 valence electrons. The van der Waals surface area contributed by atoms with Crippen molar-refractivity contribution in [3.63, 3.8) is 0 Å². The first-order chi connectivity index (χ1) is 17.5. The Labute approximate surface area is 208 Å². The predicted molar refractivity (Wildman–Crippen MR) is 132 cm³/mol. The van der Waals surface area contributed by atoms with Crippen LogP contribution in [0.25, 0.3) is 0 Å². The fourth-order valence-electron chi connectivity index (χ4n) is 5.56. The van der Waals surface area contributed by atoms with Crippen molar-refractivity contribution in [2.24, 2.45) is 0 Å². The molecule has 0 fully saturated rings. The largest absolute Gasteiger partial charge is 0.357 e. The van der Waals surface area contributed by atoms with E-state index in [1.54, 1.807) is 53.2 Å². The number of likely N-dealkylation sites (N-methyl/N-ethyl adjacent to an activating group) is 1. The van der Waals surface area contributed by atoms with Crippen LogP contribution in [-0.4, -0.2) is 53.1 Å². The van der Waals surface area contributed by atoms with Gasteiger partial charge in [-0.1, -0.05) is 54.6 Å². The fraction of sp³-hybridized carbons (Fsp3) is 0.214. The zero-order valence-corrected chi connectivity index (χ0v) is 19.7. The molecule has 0 radical (unpaired) electrons. The Morgan fingerprint density at radius 1 is 0.861 bits per heavy atom. The van der Waals surface area contributed by atoms with Crippen molar-refractivity contribution in [3.05, 3.63) is 101 Å². The maximum Gasteiger partial charge on any atom is 0.260 e. The Kier molecular flexibility index (Phi) is 5.10. The third-order valence-corrected chi connectivity index (χ3v) is 7.31. The lowest BCUT2D eigenvalue weighted by Crippen LogP contribution is -2.56. The summed E-state index contributed by atoms with van der Waals surface area (Å²) in [6.07, 6.45) is -0.328. The van der Waals surface area contributed by atoms with Crippen LogP contribution in [0.2, 0.25) is 0 Å². The van der Waals surface area contributed by atoms with Crippen LogP contribution in [-0.2, 0) is 22.6 Å². The molecule has 36 heavy (non-hydrogen) atoms. The number of rotatable bonds is 3. The number of amides is 4. The molecule has 3 aliphatic heterocycles. The highest BCUT2D eigenvalue weighted by Crippen LogP contribution is 2.45. The van der Waals surface area contributed by atoms with E-state index < -0.39 is 12.2 Å². The number of nitrogens with one attached hydrogen (secondary N) is 1. The van der Waals surface area contributed by atoms with Gasteiger partial charge in [0.15, 0.2) is 0 Å². The van der Waals surface area contributed by atoms with Gasteiger partial charge in [-0.05, 0) is 29.3 Å². The first-order valence-corrected chi connectivity index (χ1v) is 11.9. The maximum absolute atomic E-state index is 13.8. The van der Waals surface area contributed by atoms with E-state index in [1.165, 1.54) is 4.90 Å². The Balaban J connectivity index is 1.39. The van der Waals surface area contributed by atoms with Crippen LogP contribution < -0.4 is 10.2 Å². The zero-order valence-electron chi connectivity index (χ0n) is 19.7. The molecule has 0 spiro atoms. The summed E-state index contributed by atoms with van der Waals surface area (Å²) in [5, 5.41) is 2.67. The number of anilines is 1. The second-order valence-electron chi connectivity index (χ2n) is 9.21. The second kappa shape index (κ2) is 8.34. The number of fused-ring (bicyclic) bond motifs is 6. The lowest BCUT2D eigenvalue weighted by molar-refractivity contribution is -0.142. The van der Waals surface area contributed by atoms with Gasteiger partial charge in [-0.2, -0.15) is 0 Å². The standard InChI is InChI=1S/C28H24N4O4/c1-29-25(34)23-14-17-8-2-3-9-18(17)15-30(23)24(33)16-31-26-19-10-4-5-11-20(19)28(36)32(26)22-13-7-6-12-21(22)27(31)35/h2-13,23,26H,14-16H2,1H3,(H,29,34)/t23-,26-/m0/s1. The van der Waals surface area contributed by atoms with Crippen molar-refractivity contribution in [1.29, 1.82) is 0 Å². The van der Waals surface area contributed by atoms with Crippen molar-refractivity contribution >= 4 is 29.3 Å². The highest BCUT2D eigenvalue weighted by atomic mass is 16.2. The molecule has 6 rings (SSSR count). The number of hydrogen-bond acceptors (Lipinski definition) is 4. The maximum atomic E-state index is 13.8. The lowest BCUT2D eigenvalue weighted by Gasteiger charge is -2.42. The minimum absolute atomic E-state index is 0.205. The highest BCUT2D eigenvalue weighted by molar-refractivity contribution is 6.17. The predicted octanol–water partition coefficient (Wildman–Crippen LogP) is 2.50. The average Bonchev–Trinajstić information content (AvgIpc) is 3.22. The van der Waals surface area contributed by atoms with E-state index in [0.717, 1.165) is 11.1 Å². The summed E-state index contributed by atoms with van der Waals surface area (Å²) in [5.41, 5.74) is 4.11. The van der Waals surface area contributed by atoms with E-state index in [-0.39, 0.29) is 36.7 Å². The van der Waals surface area contributed by atoms with E-state index in [0.29, 0.717) is 28.8 Å². The van der Waals surface area contributed by atoms with Crippen LogP contribution >= 0.6 is 0 Å². The topological polar surface area (TPSA) is 90.0 Å². The molecule has 8 heteroatoms. The molecule has 0 bridgehead atoms. The molecule has 3 heterocycles. The van der Waals surface area contributed by atoms with Gasteiger partial charge < -0.3 is 15.1 Å². The molecule has 8 nitrogen and oxygen atoms in total. The minimum atomic E-state index is -0.726. The van der Waals surface area contributed by atoms with Gasteiger partial charge in [-0.3, -0.25) is 24.1 Å². The molecule has 0 saturated heterocycles. The number of benzene rings is 3. The Bertz CT molecular complexity index is 1430. The molecule has 2 atom stereocenters. The van der Waals surface area contributed by atoms with Crippen LogP contribution in [0.15, 0.2) is 72.8 Å². The fourth-order valence-corrected chi connectivity index (χ4v) is 5.56. The van der Waals surface area contributed by atoms with Crippen molar-refractivity contribution in [3.8, 4) is 0 Å². The molecular formula is C28H24N4O4. The molecular weight excluding hydrogens is 456 g/mol. The van der Waals surface area contributed by atoms with Crippen molar-refractivity contribution < 1.29 is 19.2 Å². The molecule has 0 aromatic heterocycles. The quantitative estimate of drug-likeness (QED) is 0.624. The van der Waals surface area contributed by atoms with Gasteiger partial charge in [-0.25, -0.2) is 0 Å². The molecule has 0 aliphatic carbocycles. The molecule has 3 aliphatic rings. The number of hydrogen-bond donors (Lipinski definition) is 1. The smallest absolute Gasteiger partial charge is 0.260 e. The number of carbonyl (C=O) groups is 4. The van der Waals surface area contributed by atoms with Crippen LogP contribution in [0.3, 0.4) is 0 Å². The van der Waals surface area contributed by atoms with Gasteiger partial charge in [0.25, 0.3) is 11.8 Å². The molecule has 0 unspecified atom stereocenters. The minimum Gasteiger partial charge on any atom is -0.357 e. The molecule has 0 saturated carbocycles. The van der Waals surface area contributed by atoms with Crippen molar-refractivity contribution in [2.45, 2.75) is 25.2 Å². The summed E-state index contributed by atoms with van der Waals surface area (Å²) in [7, 11) is 1.55. The van der Waals surface area contributed by atoms with Crippen LogP contribution in [0.1, 0.15) is 43.6 Å². The number of carbonyl (C=O) groups excluding carboxylic acids is 4. The molecule has 3 aromatic carbocycles. The Hall–Kier alpha value is -4.46. The monoisotopic (exact) mass is 480 g/mol. The summed E-state index contributed by atoms with van der Waals surface area (Å²) in [5.74, 6) is -1.12. The van der Waals surface area contributed by atoms with Gasteiger partial charge in [0.1, 0.15) is 18.8 Å². The third kappa shape index (κ3) is 3.21. The van der Waals surface area contributed by atoms with Gasteiger partial charge >= 0.3 is 0 Å². The van der Waals surface area contributed by atoms with E-state index in [1.807, 2.05) is 36.4 Å². The van der Waals surface area contributed by atoms with Crippen molar-refractivity contribution in [2.75, 3.05) is 18.5 Å². The first-order valence-electron chi connectivity index (χ1n) is 11.9. The van der Waals surface area contributed by atoms with Crippen molar-refractivity contribution in [1.82, 2.24) is 15.1 Å². The Morgan fingerprint density at radius 3 is 2.31 bits per heavy atom. The average molecular weight is 481 g/mol. The summed E-state index contributed by atoms with van der Waals surface area (Å²) in [6, 6.07) is 21.2. The molecule has 1 N–H and O–H groups in total. The Morgan fingerprint density at radius 2 is 1.53 bits per heavy atom. The van der Waals surface area contributed by atoms with Gasteiger partial charge in [0, 0.05) is 31.1 Å². The van der Waals surface area contributed by atoms with Crippen LogP contribution in [0, 0.1) is 0 Å². The third-order valence-electron chi connectivity index (χ3n) is 7.31. The summed E-state index contributed by atoms with van der Waals surface area (Å²) < 4.78 is 0. The van der Waals surface area contributed by atoms with E-state index >= 15 is 0 Å². The zero-order chi connectivity index (χ0) is 25.0. The van der Waals surface area contributed by atoms with Crippen LogP contribution in [0.5, 0.6) is 0 Å². The number of para-hydroxylation sites is 1. The summed E-state index contributed by atoms with van der Waals surface area (Å²) in [4.78, 5) is 58.2. The highest BCUT2D eigenvalue weighted by Gasteiger charge is 2.48. The molecule has 4 amide bonds. The lowest BCUT2D eigenvalue weighted by atomic mass is 9.93. The van der Waals surface area contributed by atoms with E-state index in [4.69, 9.17) is 0 Å². The number of nitrogens with zero attached hydrogens (tertiary/aromatic N) is 3. The SMILES string of the molecule is CNC(=O)[C@@H]1Cc2ccccc2CN1C(=O)CN1C(=O)c2ccccc2N2C(=O)c3ccccc3[C@@H]12. The normalized spacial score (nSPS) is 19.9. The van der Waals surface area contributed by atoms with E-state index in [9.17, 15) is 19.2 Å². The van der Waals surface area contributed by atoms with E-state index in [2.05, 4.69) is 5.32 Å². The van der Waals surface area contributed by atoms with Crippen LogP contribution in [0.4, 0.5) is 5.69 Å². The van der Waals surface area contributed by atoms with Gasteiger partial charge in [0.05, 0.1) is 11.3 Å². The second-order valence-corrected chi connectivity index (χ2v) is 9.21. The summed E-state index contributed by atoms with van der Waals surface area (Å²) >= 11 is 0. The van der Waals surface area contributed by atoms with Gasteiger partial charge in [-0.15, -0.1) is 0 Å².